The lowest BCUT2D eigenvalue weighted by atomic mass is 10.0. The van der Waals surface area contributed by atoms with E-state index in [4.69, 9.17) is 9.73 Å². The number of nitrogens with one attached hydrogen (secondary N) is 2. The first-order valence-electron chi connectivity index (χ1n) is 12.5. The zero-order valence-electron chi connectivity index (χ0n) is 19.9. The molecule has 0 spiro atoms. The van der Waals surface area contributed by atoms with E-state index in [0.717, 1.165) is 82.6 Å². The molecule has 2 fully saturated rings. The predicted molar refractivity (Wildman–Crippen MR) is 145 cm³/mol. The van der Waals surface area contributed by atoms with Crippen molar-refractivity contribution in [2.75, 3.05) is 57.4 Å². The van der Waals surface area contributed by atoms with E-state index in [-0.39, 0.29) is 29.9 Å². The van der Waals surface area contributed by atoms with Crippen LogP contribution in [-0.2, 0) is 16.0 Å². The monoisotopic (exact) mass is 569 g/mol. The van der Waals surface area contributed by atoms with Gasteiger partial charge in [0.05, 0.1) is 6.61 Å². The molecule has 0 radical (unpaired) electrons. The van der Waals surface area contributed by atoms with Crippen molar-refractivity contribution in [1.29, 1.82) is 0 Å². The number of carbonyl (C=O) groups is 1. The van der Waals surface area contributed by atoms with E-state index in [2.05, 4.69) is 34.6 Å². The van der Waals surface area contributed by atoms with E-state index in [9.17, 15) is 4.79 Å². The lowest BCUT2D eigenvalue weighted by Gasteiger charge is -2.34. The van der Waals surface area contributed by atoms with Crippen molar-refractivity contribution in [2.45, 2.75) is 51.5 Å². The Morgan fingerprint density at radius 3 is 2.76 bits per heavy atom. The second kappa shape index (κ2) is 13.5. The molecule has 1 atom stereocenters. The van der Waals surface area contributed by atoms with Crippen molar-refractivity contribution < 1.29 is 9.53 Å². The van der Waals surface area contributed by atoms with Crippen molar-refractivity contribution in [2.24, 2.45) is 10.9 Å². The summed E-state index contributed by atoms with van der Waals surface area (Å²) in [6.07, 6.45) is 5.77. The van der Waals surface area contributed by atoms with Crippen LogP contribution in [0.1, 0.15) is 44.6 Å². The highest BCUT2D eigenvalue weighted by molar-refractivity contribution is 14.0. The topological polar surface area (TPSA) is 69.2 Å². The van der Waals surface area contributed by atoms with Crippen molar-refractivity contribution in [3.05, 3.63) is 29.8 Å². The molecule has 1 aromatic rings. The normalized spacial score (nSPS) is 21.5. The fourth-order valence-electron chi connectivity index (χ4n) is 5.02. The van der Waals surface area contributed by atoms with Gasteiger partial charge in [-0.3, -0.25) is 9.79 Å². The Bertz CT molecular complexity index is 776. The molecule has 1 amide bonds. The Morgan fingerprint density at radius 1 is 1.18 bits per heavy atom. The van der Waals surface area contributed by atoms with Gasteiger partial charge >= 0.3 is 0 Å². The quantitative estimate of drug-likeness (QED) is 0.218. The van der Waals surface area contributed by atoms with Crippen LogP contribution in [0.2, 0.25) is 0 Å². The third-order valence-electron chi connectivity index (χ3n) is 6.82. The molecule has 4 rings (SSSR count). The number of rotatable bonds is 8. The van der Waals surface area contributed by atoms with Gasteiger partial charge in [-0.25, -0.2) is 0 Å². The number of anilines is 1. The van der Waals surface area contributed by atoms with Gasteiger partial charge in [0.1, 0.15) is 0 Å². The number of carbonyl (C=O) groups excluding carboxylic acids is 1. The van der Waals surface area contributed by atoms with Crippen LogP contribution in [0, 0.1) is 5.92 Å². The number of nitrogens with zero attached hydrogens (tertiary/aromatic N) is 3. The van der Waals surface area contributed by atoms with E-state index >= 15 is 0 Å². The minimum Gasteiger partial charge on any atom is -0.381 e. The van der Waals surface area contributed by atoms with Crippen LogP contribution in [0.5, 0.6) is 0 Å². The Hall–Kier alpha value is -1.39. The highest BCUT2D eigenvalue weighted by atomic mass is 127. The summed E-state index contributed by atoms with van der Waals surface area (Å²) in [7, 11) is 0. The number of benzene rings is 1. The highest BCUT2D eigenvalue weighted by Crippen LogP contribution is 2.28. The summed E-state index contributed by atoms with van der Waals surface area (Å²) in [5.41, 5.74) is 2.36. The molecule has 33 heavy (non-hydrogen) atoms. The molecule has 3 aliphatic rings. The van der Waals surface area contributed by atoms with Gasteiger partial charge in [0, 0.05) is 64.0 Å². The molecular weight excluding hydrogens is 529 g/mol. The third kappa shape index (κ3) is 7.55. The Kier molecular flexibility index (Phi) is 10.7. The molecule has 2 N–H and O–H groups in total. The number of ether oxygens (including phenoxy) is 1. The molecule has 0 bridgehead atoms. The number of likely N-dealkylation sites (tertiary alicyclic amines) is 1. The standard InChI is InChI=1S/C25H39N5O2.HI/c1-2-26-25(28-22-10-14-29(15-11-22)18-20-12-17-32-19-20)27-13-5-8-24(31)30-16-9-21-6-3-4-7-23(21)30;/h3-4,6-7,20,22H,2,5,8-19H2,1H3,(H2,26,27,28);1H. The van der Waals surface area contributed by atoms with Gasteiger partial charge in [-0.2, -0.15) is 0 Å². The highest BCUT2D eigenvalue weighted by Gasteiger charge is 2.25. The number of halogens is 1. The van der Waals surface area contributed by atoms with Gasteiger partial charge in [0.15, 0.2) is 5.96 Å². The predicted octanol–water partition coefficient (Wildman–Crippen LogP) is 3.03. The van der Waals surface area contributed by atoms with Crippen molar-refractivity contribution in [1.82, 2.24) is 15.5 Å². The van der Waals surface area contributed by atoms with E-state index in [1.165, 1.54) is 18.5 Å². The molecule has 7 nitrogen and oxygen atoms in total. The zero-order chi connectivity index (χ0) is 22.2. The summed E-state index contributed by atoms with van der Waals surface area (Å²) in [5.74, 6) is 1.81. The fraction of sp³-hybridized carbons (Fsp3) is 0.680. The van der Waals surface area contributed by atoms with Gasteiger partial charge in [0.2, 0.25) is 5.91 Å². The molecule has 0 aliphatic carbocycles. The fourth-order valence-corrected chi connectivity index (χ4v) is 5.02. The first-order valence-corrected chi connectivity index (χ1v) is 12.5. The molecule has 1 aromatic carbocycles. The summed E-state index contributed by atoms with van der Waals surface area (Å²) in [5, 5.41) is 6.99. The molecule has 1 unspecified atom stereocenters. The van der Waals surface area contributed by atoms with Crippen molar-refractivity contribution >= 4 is 41.5 Å². The van der Waals surface area contributed by atoms with Gasteiger partial charge < -0.3 is 25.2 Å². The molecule has 0 saturated carbocycles. The summed E-state index contributed by atoms with van der Waals surface area (Å²) in [6.45, 7) is 9.72. The van der Waals surface area contributed by atoms with E-state index in [0.29, 0.717) is 19.0 Å². The lowest BCUT2D eigenvalue weighted by molar-refractivity contribution is -0.118. The molecule has 3 aliphatic heterocycles. The van der Waals surface area contributed by atoms with Crippen molar-refractivity contribution in [3.63, 3.8) is 0 Å². The van der Waals surface area contributed by atoms with Crippen LogP contribution in [0.3, 0.4) is 0 Å². The minimum absolute atomic E-state index is 0. The lowest BCUT2D eigenvalue weighted by Crippen LogP contribution is -2.49. The smallest absolute Gasteiger partial charge is 0.227 e. The van der Waals surface area contributed by atoms with Gasteiger partial charge in [-0.15, -0.1) is 24.0 Å². The zero-order valence-corrected chi connectivity index (χ0v) is 22.3. The largest absolute Gasteiger partial charge is 0.381 e. The Balaban J connectivity index is 0.00000306. The summed E-state index contributed by atoms with van der Waals surface area (Å²) in [4.78, 5) is 22.0. The van der Waals surface area contributed by atoms with Crippen LogP contribution in [0.4, 0.5) is 5.69 Å². The summed E-state index contributed by atoms with van der Waals surface area (Å²) in [6, 6.07) is 8.70. The van der Waals surface area contributed by atoms with Crippen LogP contribution in [0.15, 0.2) is 29.3 Å². The average Bonchev–Trinajstić information content (AvgIpc) is 3.48. The first kappa shape index (κ1) is 26.2. The van der Waals surface area contributed by atoms with Gasteiger partial charge in [-0.1, -0.05) is 18.2 Å². The van der Waals surface area contributed by atoms with E-state index < -0.39 is 0 Å². The minimum atomic E-state index is 0. The third-order valence-corrected chi connectivity index (χ3v) is 6.82. The number of para-hydroxylation sites is 1. The molecule has 3 heterocycles. The van der Waals surface area contributed by atoms with Gasteiger partial charge in [0.25, 0.3) is 0 Å². The number of aliphatic imine (C=N–C) groups is 1. The number of amides is 1. The Labute approximate surface area is 215 Å². The number of piperidine rings is 1. The first-order chi connectivity index (χ1) is 15.7. The maximum Gasteiger partial charge on any atom is 0.227 e. The number of hydrogen-bond donors (Lipinski definition) is 2. The average molecular weight is 570 g/mol. The van der Waals surface area contributed by atoms with Crippen LogP contribution < -0.4 is 15.5 Å². The van der Waals surface area contributed by atoms with Crippen LogP contribution >= 0.6 is 24.0 Å². The molecule has 8 heteroatoms. The number of guanidine groups is 1. The number of fused-ring (bicyclic) bond motifs is 1. The second-order valence-electron chi connectivity index (χ2n) is 9.24. The maximum absolute atomic E-state index is 12.7. The van der Waals surface area contributed by atoms with Crippen LogP contribution in [0.25, 0.3) is 0 Å². The van der Waals surface area contributed by atoms with E-state index in [1.54, 1.807) is 0 Å². The molecular formula is C25H40IN5O2. The molecule has 0 aromatic heterocycles. The molecule has 2 saturated heterocycles. The maximum atomic E-state index is 12.7. The molecule has 184 valence electrons. The van der Waals surface area contributed by atoms with Gasteiger partial charge in [-0.05, 0) is 56.6 Å². The SMILES string of the molecule is CCNC(=NCCCC(=O)N1CCc2ccccc21)NC1CCN(CC2CCOC2)CC1.I. The summed E-state index contributed by atoms with van der Waals surface area (Å²) < 4.78 is 5.52. The van der Waals surface area contributed by atoms with Crippen LogP contribution in [-0.4, -0.2) is 75.3 Å². The Morgan fingerprint density at radius 2 is 2.00 bits per heavy atom. The number of hydrogen-bond acceptors (Lipinski definition) is 4. The van der Waals surface area contributed by atoms with E-state index in [1.807, 2.05) is 17.0 Å². The summed E-state index contributed by atoms with van der Waals surface area (Å²) >= 11 is 0. The van der Waals surface area contributed by atoms with Crippen molar-refractivity contribution in [3.8, 4) is 0 Å². The second-order valence-corrected chi connectivity index (χ2v) is 9.24.